The van der Waals surface area contributed by atoms with Crippen LogP contribution in [0.2, 0.25) is 0 Å². The van der Waals surface area contributed by atoms with Crippen LogP contribution < -0.4 is 10.9 Å². The number of likely N-dealkylation sites (N-methyl/N-ethyl adjacent to an activating group) is 1. The molecule has 0 aromatic carbocycles. The standard InChI is InChI=1S/C19H34F3N5O/c1-6-26-12-16(11-24-23-5)18(4,28)14(2)17(26)15(3)27-9-7-25(8-10-27)13-19(20,21)22/h12,15,23-24,28H,6-11,13H2,1-5H3. The van der Waals surface area contributed by atoms with E-state index in [0.29, 0.717) is 32.7 Å². The van der Waals surface area contributed by atoms with E-state index in [9.17, 15) is 18.3 Å². The number of halogens is 3. The predicted molar refractivity (Wildman–Crippen MR) is 104 cm³/mol. The molecule has 162 valence electrons. The molecule has 2 heterocycles. The third-order valence-electron chi connectivity index (χ3n) is 5.91. The maximum absolute atomic E-state index is 12.6. The molecular weight excluding hydrogens is 371 g/mol. The maximum Gasteiger partial charge on any atom is 0.401 e. The summed E-state index contributed by atoms with van der Waals surface area (Å²) in [5, 5.41) is 11.2. The summed E-state index contributed by atoms with van der Waals surface area (Å²) in [7, 11) is 1.78. The Kier molecular flexibility index (Phi) is 7.55. The molecule has 0 radical (unpaired) electrons. The zero-order valence-electron chi connectivity index (χ0n) is 17.5. The van der Waals surface area contributed by atoms with Crippen molar-refractivity contribution < 1.29 is 18.3 Å². The van der Waals surface area contributed by atoms with Crippen LogP contribution >= 0.6 is 0 Å². The van der Waals surface area contributed by atoms with Gasteiger partial charge in [-0.2, -0.15) is 13.2 Å². The van der Waals surface area contributed by atoms with Crippen LogP contribution in [0.25, 0.3) is 0 Å². The Morgan fingerprint density at radius 2 is 1.86 bits per heavy atom. The molecule has 3 N–H and O–H groups in total. The lowest BCUT2D eigenvalue weighted by Crippen LogP contribution is -2.54. The molecule has 1 fully saturated rings. The number of nitrogens with one attached hydrogen (secondary N) is 2. The lowest BCUT2D eigenvalue weighted by molar-refractivity contribution is -0.149. The summed E-state index contributed by atoms with van der Waals surface area (Å²) in [5.74, 6) is 0. The van der Waals surface area contributed by atoms with E-state index in [1.54, 1.807) is 14.0 Å². The minimum absolute atomic E-state index is 0.00882. The first-order valence-electron chi connectivity index (χ1n) is 9.85. The van der Waals surface area contributed by atoms with Gasteiger partial charge >= 0.3 is 6.18 Å². The fourth-order valence-corrected chi connectivity index (χ4v) is 4.04. The highest BCUT2D eigenvalue weighted by Gasteiger charge is 2.39. The second kappa shape index (κ2) is 9.13. The largest absolute Gasteiger partial charge is 0.401 e. The van der Waals surface area contributed by atoms with Crippen molar-refractivity contribution in [2.24, 2.45) is 0 Å². The first-order valence-corrected chi connectivity index (χ1v) is 9.85. The Balaban J connectivity index is 2.14. The van der Waals surface area contributed by atoms with Gasteiger partial charge in [0.05, 0.1) is 6.54 Å². The number of hydrazine groups is 1. The Bertz CT molecular complexity index is 595. The average Bonchev–Trinajstić information content (AvgIpc) is 2.61. The van der Waals surface area contributed by atoms with Gasteiger partial charge in [0.25, 0.3) is 0 Å². The number of piperazine rings is 1. The fourth-order valence-electron chi connectivity index (χ4n) is 4.04. The molecule has 0 aromatic heterocycles. The Morgan fingerprint density at radius 3 is 2.36 bits per heavy atom. The van der Waals surface area contributed by atoms with E-state index in [-0.39, 0.29) is 6.04 Å². The Labute approximate surface area is 166 Å². The second-order valence-electron chi connectivity index (χ2n) is 7.73. The van der Waals surface area contributed by atoms with Crippen molar-refractivity contribution >= 4 is 0 Å². The molecule has 28 heavy (non-hydrogen) atoms. The van der Waals surface area contributed by atoms with Gasteiger partial charge in [0.15, 0.2) is 0 Å². The zero-order chi connectivity index (χ0) is 21.1. The number of alkyl halides is 3. The van der Waals surface area contributed by atoms with Crippen LogP contribution in [0.4, 0.5) is 13.2 Å². The lowest BCUT2D eigenvalue weighted by atomic mass is 9.83. The first-order chi connectivity index (χ1) is 13.0. The van der Waals surface area contributed by atoms with Gasteiger partial charge in [0.1, 0.15) is 5.60 Å². The Morgan fingerprint density at radius 1 is 1.25 bits per heavy atom. The molecule has 0 amide bonds. The molecule has 0 spiro atoms. The lowest BCUT2D eigenvalue weighted by Gasteiger charge is -2.45. The smallest absolute Gasteiger partial charge is 0.381 e. The van der Waals surface area contributed by atoms with Gasteiger partial charge in [0.2, 0.25) is 0 Å². The van der Waals surface area contributed by atoms with Crippen LogP contribution in [-0.4, -0.2) is 90.5 Å². The van der Waals surface area contributed by atoms with Crippen LogP contribution in [-0.2, 0) is 0 Å². The molecule has 2 aliphatic heterocycles. The Hall–Kier alpha value is -1.13. The molecule has 1 saturated heterocycles. The summed E-state index contributed by atoms with van der Waals surface area (Å²) in [6.45, 7) is 10.2. The first kappa shape index (κ1) is 23.2. The molecule has 2 rings (SSSR count). The number of hydrogen-bond acceptors (Lipinski definition) is 6. The molecule has 0 bridgehead atoms. The number of aliphatic hydroxyl groups is 1. The van der Waals surface area contributed by atoms with Crippen molar-refractivity contribution in [2.45, 2.75) is 45.5 Å². The summed E-state index contributed by atoms with van der Waals surface area (Å²) in [6.07, 6.45) is -2.17. The van der Waals surface area contributed by atoms with Gasteiger partial charge < -0.3 is 10.0 Å². The molecule has 0 aliphatic carbocycles. The van der Waals surface area contributed by atoms with Gasteiger partial charge in [0, 0.05) is 57.2 Å². The summed E-state index contributed by atoms with van der Waals surface area (Å²) in [5.41, 5.74) is 7.62. The quantitative estimate of drug-likeness (QED) is 0.559. The fraction of sp³-hybridized carbons (Fsp3) is 0.789. The summed E-state index contributed by atoms with van der Waals surface area (Å²) < 4.78 is 37.9. The topological polar surface area (TPSA) is 54.0 Å². The van der Waals surface area contributed by atoms with Crippen molar-refractivity contribution in [1.29, 1.82) is 0 Å². The molecular formula is C19H34F3N5O. The van der Waals surface area contributed by atoms with Crippen LogP contribution in [0.3, 0.4) is 0 Å². The normalized spacial score (nSPS) is 26.6. The van der Waals surface area contributed by atoms with Crippen molar-refractivity contribution in [3.63, 3.8) is 0 Å². The van der Waals surface area contributed by atoms with E-state index in [2.05, 4.69) is 34.5 Å². The van der Waals surface area contributed by atoms with Crippen LogP contribution in [0.5, 0.6) is 0 Å². The third-order valence-corrected chi connectivity index (χ3v) is 5.91. The predicted octanol–water partition coefficient (Wildman–Crippen LogP) is 1.52. The number of nitrogens with zero attached hydrogens (tertiary/aromatic N) is 3. The molecule has 2 atom stereocenters. The van der Waals surface area contributed by atoms with E-state index in [0.717, 1.165) is 23.4 Å². The van der Waals surface area contributed by atoms with E-state index < -0.39 is 18.3 Å². The van der Waals surface area contributed by atoms with Gasteiger partial charge in [-0.05, 0) is 45.9 Å². The third kappa shape index (κ3) is 5.27. The van der Waals surface area contributed by atoms with Crippen molar-refractivity contribution in [2.75, 3.05) is 52.9 Å². The molecule has 6 nitrogen and oxygen atoms in total. The summed E-state index contributed by atoms with van der Waals surface area (Å²) in [6, 6.07) is 0.00882. The molecule has 2 unspecified atom stereocenters. The average molecular weight is 406 g/mol. The van der Waals surface area contributed by atoms with Gasteiger partial charge in [-0.15, -0.1) is 0 Å². The molecule has 2 aliphatic rings. The zero-order valence-corrected chi connectivity index (χ0v) is 17.5. The van der Waals surface area contributed by atoms with Crippen LogP contribution in [0.15, 0.2) is 23.0 Å². The highest BCUT2D eigenvalue weighted by molar-refractivity contribution is 5.40. The van der Waals surface area contributed by atoms with Gasteiger partial charge in [-0.25, -0.2) is 0 Å². The minimum Gasteiger partial charge on any atom is -0.381 e. The van der Waals surface area contributed by atoms with Crippen molar-refractivity contribution in [3.05, 3.63) is 23.0 Å². The molecule has 0 aromatic rings. The summed E-state index contributed by atoms with van der Waals surface area (Å²) >= 11 is 0. The second-order valence-corrected chi connectivity index (χ2v) is 7.73. The van der Waals surface area contributed by atoms with E-state index in [4.69, 9.17) is 0 Å². The van der Waals surface area contributed by atoms with Gasteiger partial charge in [-0.1, -0.05) is 0 Å². The van der Waals surface area contributed by atoms with Crippen LogP contribution in [0, 0.1) is 0 Å². The van der Waals surface area contributed by atoms with E-state index in [1.807, 2.05) is 13.1 Å². The number of rotatable bonds is 7. The SMILES string of the molecule is CCN1C=C(CNNC)C(C)(O)C(C)=C1C(C)N1CCN(CC(F)(F)F)CC1. The highest BCUT2D eigenvalue weighted by atomic mass is 19.4. The van der Waals surface area contributed by atoms with E-state index in [1.165, 1.54) is 4.90 Å². The van der Waals surface area contributed by atoms with Crippen LogP contribution in [0.1, 0.15) is 27.7 Å². The molecule has 9 heteroatoms. The molecule has 0 saturated carbocycles. The van der Waals surface area contributed by atoms with Crippen molar-refractivity contribution in [1.82, 2.24) is 25.6 Å². The summed E-state index contributed by atoms with van der Waals surface area (Å²) in [4.78, 5) is 5.81. The highest BCUT2D eigenvalue weighted by Crippen LogP contribution is 2.36. The van der Waals surface area contributed by atoms with E-state index >= 15 is 0 Å². The van der Waals surface area contributed by atoms with Crippen molar-refractivity contribution in [3.8, 4) is 0 Å². The van der Waals surface area contributed by atoms with Gasteiger partial charge in [-0.3, -0.25) is 20.7 Å². The minimum atomic E-state index is -4.16. The maximum atomic E-state index is 12.6. The monoisotopic (exact) mass is 405 g/mol. The number of hydrogen-bond donors (Lipinski definition) is 3.